The molecule has 0 aliphatic carbocycles. The normalized spacial score (nSPS) is 10.2. The van der Waals surface area contributed by atoms with Crippen LogP contribution in [-0.4, -0.2) is 41.4 Å². The number of aliphatic hydroxyl groups is 1. The largest absolute Gasteiger partial charge is 0.497 e. The van der Waals surface area contributed by atoms with Crippen molar-refractivity contribution in [3.05, 3.63) is 36.0 Å². The standard InChI is InChI=1S/C17H23N5O3/c1-12-11-15(18-9-3-4-10-23)21-16(19-12)22-17(24)20-13-5-7-14(25-2)8-6-13/h5-8,11,23H,3-4,9-10H2,1-2H3,(H3,18,19,20,21,22,24). The number of amides is 2. The average Bonchev–Trinajstić information content (AvgIpc) is 2.59. The predicted octanol–water partition coefficient (Wildman–Crippen LogP) is 2.62. The molecule has 25 heavy (non-hydrogen) atoms. The Hall–Kier alpha value is -2.87. The van der Waals surface area contributed by atoms with E-state index in [1.807, 2.05) is 6.92 Å². The van der Waals surface area contributed by atoms with Crippen LogP contribution in [0, 0.1) is 6.92 Å². The fourth-order valence-electron chi connectivity index (χ4n) is 2.11. The number of nitrogens with zero attached hydrogens (tertiary/aromatic N) is 2. The molecule has 2 rings (SSSR count). The lowest BCUT2D eigenvalue weighted by atomic mass is 10.3. The molecule has 0 unspecified atom stereocenters. The number of ether oxygens (including phenoxy) is 1. The predicted molar refractivity (Wildman–Crippen MR) is 97.2 cm³/mol. The van der Waals surface area contributed by atoms with Gasteiger partial charge in [0.1, 0.15) is 11.6 Å². The Labute approximate surface area is 146 Å². The number of rotatable bonds is 8. The number of unbranched alkanes of at least 4 members (excludes halogenated alkanes) is 1. The molecule has 0 saturated carbocycles. The van der Waals surface area contributed by atoms with Crippen molar-refractivity contribution in [1.82, 2.24) is 9.97 Å². The third-order valence-corrected chi connectivity index (χ3v) is 3.32. The summed E-state index contributed by atoms with van der Waals surface area (Å²) >= 11 is 0. The van der Waals surface area contributed by atoms with E-state index >= 15 is 0 Å². The Morgan fingerprint density at radius 1 is 1.16 bits per heavy atom. The lowest BCUT2D eigenvalue weighted by molar-refractivity contribution is 0.262. The lowest BCUT2D eigenvalue weighted by Crippen LogP contribution is -2.21. The zero-order valence-corrected chi connectivity index (χ0v) is 14.4. The number of nitrogens with one attached hydrogen (secondary N) is 3. The first-order valence-corrected chi connectivity index (χ1v) is 8.03. The van der Waals surface area contributed by atoms with Crippen LogP contribution in [0.5, 0.6) is 5.75 Å². The summed E-state index contributed by atoms with van der Waals surface area (Å²) in [6.07, 6.45) is 1.56. The Kier molecular flexibility index (Phi) is 6.97. The molecule has 0 bridgehead atoms. The second-order valence-corrected chi connectivity index (χ2v) is 5.38. The summed E-state index contributed by atoms with van der Waals surface area (Å²) in [5, 5.41) is 17.3. The summed E-state index contributed by atoms with van der Waals surface area (Å²) in [6.45, 7) is 2.68. The van der Waals surface area contributed by atoms with Gasteiger partial charge in [0.15, 0.2) is 0 Å². The molecule has 4 N–H and O–H groups in total. The molecule has 0 aliphatic rings. The molecular formula is C17H23N5O3. The fourth-order valence-corrected chi connectivity index (χ4v) is 2.11. The van der Waals surface area contributed by atoms with Crippen molar-refractivity contribution >= 4 is 23.5 Å². The van der Waals surface area contributed by atoms with Crippen molar-refractivity contribution < 1.29 is 14.6 Å². The average molecular weight is 345 g/mol. The molecule has 0 aliphatic heterocycles. The van der Waals surface area contributed by atoms with E-state index in [2.05, 4.69) is 25.9 Å². The molecular weight excluding hydrogens is 322 g/mol. The first-order chi connectivity index (χ1) is 12.1. The number of urea groups is 1. The molecule has 0 radical (unpaired) electrons. The van der Waals surface area contributed by atoms with Gasteiger partial charge in [0.2, 0.25) is 5.95 Å². The van der Waals surface area contributed by atoms with Crippen molar-refractivity contribution in [2.75, 3.05) is 36.2 Å². The van der Waals surface area contributed by atoms with Gasteiger partial charge in [-0.05, 0) is 44.0 Å². The second kappa shape index (κ2) is 9.43. The summed E-state index contributed by atoms with van der Waals surface area (Å²) in [6, 6.07) is 8.36. The van der Waals surface area contributed by atoms with E-state index in [0.717, 1.165) is 18.5 Å². The van der Waals surface area contributed by atoms with E-state index in [1.54, 1.807) is 37.4 Å². The minimum atomic E-state index is -0.429. The number of anilines is 3. The third kappa shape index (κ3) is 6.27. The van der Waals surface area contributed by atoms with Gasteiger partial charge in [-0.15, -0.1) is 0 Å². The monoisotopic (exact) mass is 345 g/mol. The molecule has 1 aromatic heterocycles. The number of carbonyl (C=O) groups excluding carboxylic acids is 1. The highest BCUT2D eigenvalue weighted by atomic mass is 16.5. The van der Waals surface area contributed by atoms with Gasteiger partial charge in [-0.3, -0.25) is 5.32 Å². The third-order valence-electron chi connectivity index (χ3n) is 3.32. The van der Waals surface area contributed by atoms with E-state index in [4.69, 9.17) is 9.84 Å². The van der Waals surface area contributed by atoms with E-state index in [-0.39, 0.29) is 12.6 Å². The van der Waals surface area contributed by atoms with Crippen molar-refractivity contribution in [3.63, 3.8) is 0 Å². The number of aliphatic hydroxyl groups excluding tert-OH is 1. The Bertz CT molecular complexity index is 691. The molecule has 0 atom stereocenters. The summed E-state index contributed by atoms with van der Waals surface area (Å²) < 4.78 is 5.07. The molecule has 0 spiro atoms. The molecule has 0 saturated heterocycles. The first-order valence-electron chi connectivity index (χ1n) is 8.03. The zero-order chi connectivity index (χ0) is 18.1. The van der Waals surface area contributed by atoms with E-state index in [1.165, 1.54) is 0 Å². The summed E-state index contributed by atoms with van der Waals surface area (Å²) in [4.78, 5) is 20.5. The van der Waals surface area contributed by atoms with Crippen LogP contribution >= 0.6 is 0 Å². The van der Waals surface area contributed by atoms with Gasteiger partial charge in [0, 0.05) is 30.6 Å². The number of aryl methyl sites for hydroxylation is 1. The highest BCUT2D eigenvalue weighted by Crippen LogP contribution is 2.15. The van der Waals surface area contributed by atoms with Crippen LogP contribution in [0.1, 0.15) is 18.5 Å². The van der Waals surface area contributed by atoms with Crippen molar-refractivity contribution in [1.29, 1.82) is 0 Å². The van der Waals surface area contributed by atoms with Crippen molar-refractivity contribution in [3.8, 4) is 5.75 Å². The van der Waals surface area contributed by atoms with Crippen LogP contribution in [-0.2, 0) is 0 Å². The van der Waals surface area contributed by atoms with Crippen LogP contribution in [0.25, 0.3) is 0 Å². The molecule has 1 aromatic carbocycles. The maximum Gasteiger partial charge on any atom is 0.326 e. The lowest BCUT2D eigenvalue weighted by Gasteiger charge is -2.10. The van der Waals surface area contributed by atoms with Crippen LogP contribution in [0.2, 0.25) is 0 Å². The molecule has 2 amide bonds. The van der Waals surface area contributed by atoms with Gasteiger partial charge in [0.25, 0.3) is 0 Å². The van der Waals surface area contributed by atoms with Crippen LogP contribution in [0.4, 0.5) is 22.2 Å². The highest BCUT2D eigenvalue weighted by molar-refractivity contribution is 5.98. The maximum absolute atomic E-state index is 12.1. The Balaban J connectivity index is 1.93. The number of carbonyl (C=O) groups is 1. The zero-order valence-electron chi connectivity index (χ0n) is 14.4. The number of aromatic nitrogens is 2. The fraction of sp³-hybridized carbons (Fsp3) is 0.353. The molecule has 8 heteroatoms. The summed E-state index contributed by atoms with van der Waals surface area (Å²) in [5.41, 5.74) is 1.37. The quantitative estimate of drug-likeness (QED) is 0.548. The molecule has 1 heterocycles. The first kappa shape index (κ1) is 18.5. The smallest absolute Gasteiger partial charge is 0.326 e. The van der Waals surface area contributed by atoms with Crippen molar-refractivity contribution in [2.45, 2.75) is 19.8 Å². The van der Waals surface area contributed by atoms with Gasteiger partial charge < -0.3 is 20.5 Å². The van der Waals surface area contributed by atoms with Gasteiger partial charge >= 0.3 is 6.03 Å². The summed E-state index contributed by atoms with van der Waals surface area (Å²) in [7, 11) is 1.58. The molecule has 2 aromatic rings. The Morgan fingerprint density at radius 2 is 1.92 bits per heavy atom. The van der Waals surface area contributed by atoms with Gasteiger partial charge in [-0.2, -0.15) is 4.98 Å². The van der Waals surface area contributed by atoms with Gasteiger partial charge in [-0.25, -0.2) is 9.78 Å². The molecule has 134 valence electrons. The number of hydrogen-bond donors (Lipinski definition) is 4. The van der Waals surface area contributed by atoms with E-state index < -0.39 is 6.03 Å². The van der Waals surface area contributed by atoms with Gasteiger partial charge in [0.05, 0.1) is 7.11 Å². The van der Waals surface area contributed by atoms with Crippen LogP contribution in [0.3, 0.4) is 0 Å². The van der Waals surface area contributed by atoms with Gasteiger partial charge in [-0.1, -0.05) is 0 Å². The van der Waals surface area contributed by atoms with E-state index in [9.17, 15) is 4.79 Å². The number of methoxy groups -OCH3 is 1. The van der Waals surface area contributed by atoms with Crippen LogP contribution < -0.4 is 20.7 Å². The Morgan fingerprint density at radius 3 is 2.60 bits per heavy atom. The molecule has 8 nitrogen and oxygen atoms in total. The SMILES string of the molecule is COc1ccc(NC(=O)Nc2nc(C)cc(NCCCCO)n2)cc1. The highest BCUT2D eigenvalue weighted by Gasteiger charge is 2.07. The number of benzene rings is 1. The topological polar surface area (TPSA) is 108 Å². The molecule has 0 fully saturated rings. The minimum Gasteiger partial charge on any atom is -0.497 e. The number of hydrogen-bond acceptors (Lipinski definition) is 6. The van der Waals surface area contributed by atoms with Crippen LogP contribution in [0.15, 0.2) is 30.3 Å². The van der Waals surface area contributed by atoms with E-state index in [0.29, 0.717) is 23.8 Å². The maximum atomic E-state index is 12.1. The minimum absolute atomic E-state index is 0.169. The summed E-state index contributed by atoms with van der Waals surface area (Å²) in [5.74, 6) is 1.56. The van der Waals surface area contributed by atoms with Crippen molar-refractivity contribution in [2.24, 2.45) is 0 Å². The second-order valence-electron chi connectivity index (χ2n) is 5.38.